The zero-order valence-corrected chi connectivity index (χ0v) is 15.2. The summed E-state index contributed by atoms with van der Waals surface area (Å²) in [5.41, 5.74) is 2.21. The van der Waals surface area contributed by atoms with Crippen molar-refractivity contribution >= 4 is 11.9 Å². The monoisotopic (exact) mass is 350 g/mol. The third kappa shape index (κ3) is 5.46. The molecule has 25 heavy (non-hydrogen) atoms. The van der Waals surface area contributed by atoms with Crippen LogP contribution in [0.3, 0.4) is 0 Å². The lowest BCUT2D eigenvalue weighted by atomic mass is 10.0. The lowest BCUT2D eigenvalue weighted by Gasteiger charge is -2.33. The second kappa shape index (κ2) is 8.85. The van der Waals surface area contributed by atoms with Gasteiger partial charge in [0.1, 0.15) is 11.9 Å². The third-order valence-corrected chi connectivity index (χ3v) is 4.04. The Balaban J connectivity index is 2.11. The fourth-order valence-electron chi connectivity index (χ4n) is 2.84. The Morgan fingerprint density at radius 1 is 1.24 bits per heavy atom. The second-order valence-corrected chi connectivity index (χ2v) is 6.08. The smallest absolute Gasteiger partial charge is 0.335 e. The minimum Gasteiger partial charge on any atom is -0.464 e. The SMILES string of the molecule is CCOC(=O)C1CC(OC(C)=O)CC(Oc2ccc(CC)cc2C)O1. The van der Waals surface area contributed by atoms with Gasteiger partial charge >= 0.3 is 11.9 Å². The maximum atomic E-state index is 12.0. The summed E-state index contributed by atoms with van der Waals surface area (Å²) in [6.07, 6.45) is -0.352. The van der Waals surface area contributed by atoms with Crippen LogP contribution in [0.5, 0.6) is 5.75 Å². The average molecular weight is 350 g/mol. The fraction of sp³-hybridized carbons (Fsp3) is 0.579. The number of hydrogen-bond donors (Lipinski definition) is 0. The van der Waals surface area contributed by atoms with Crippen LogP contribution >= 0.6 is 0 Å². The Morgan fingerprint density at radius 2 is 2.00 bits per heavy atom. The standard InChI is InChI=1S/C19H26O6/c1-5-14-7-8-16(12(3)9-14)24-18-11-15(23-13(4)20)10-17(25-18)19(21)22-6-2/h7-9,15,17-18H,5-6,10-11H2,1-4H3. The minimum absolute atomic E-state index is 0.264. The summed E-state index contributed by atoms with van der Waals surface area (Å²) in [6, 6.07) is 5.95. The molecule has 0 aliphatic carbocycles. The van der Waals surface area contributed by atoms with Crippen molar-refractivity contribution < 1.29 is 28.5 Å². The Hall–Kier alpha value is -2.08. The Morgan fingerprint density at radius 3 is 2.60 bits per heavy atom. The van der Waals surface area contributed by atoms with Gasteiger partial charge in [-0.3, -0.25) is 4.79 Å². The van der Waals surface area contributed by atoms with Crippen molar-refractivity contribution in [2.24, 2.45) is 0 Å². The molecule has 1 heterocycles. The van der Waals surface area contributed by atoms with Crippen molar-refractivity contribution in [3.05, 3.63) is 29.3 Å². The number of aryl methyl sites for hydroxylation is 2. The van der Waals surface area contributed by atoms with Gasteiger partial charge in [-0.15, -0.1) is 0 Å². The van der Waals surface area contributed by atoms with E-state index < -0.39 is 30.4 Å². The predicted molar refractivity (Wildman–Crippen MR) is 91.3 cm³/mol. The van der Waals surface area contributed by atoms with Crippen LogP contribution in [0, 0.1) is 6.92 Å². The van der Waals surface area contributed by atoms with Gasteiger partial charge in [-0.05, 0) is 37.5 Å². The summed E-state index contributed by atoms with van der Waals surface area (Å²) < 4.78 is 22.0. The van der Waals surface area contributed by atoms with Crippen LogP contribution in [0.2, 0.25) is 0 Å². The van der Waals surface area contributed by atoms with Crippen LogP contribution in [-0.4, -0.2) is 37.0 Å². The van der Waals surface area contributed by atoms with Crippen molar-refractivity contribution in [3.8, 4) is 5.75 Å². The first-order valence-electron chi connectivity index (χ1n) is 8.68. The van der Waals surface area contributed by atoms with E-state index >= 15 is 0 Å². The number of carbonyl (C=O) groups is 2. The molecule has 0 bridgehead atoms. The highest BCUT2D eigenvalue weighted by molar-refractivity contribution is 5.75. The topological polar surface area (TPSA) is 71.1 Å². The molecule has 1 saturated heterocycles. The molecule has 0 spiro atoms. The minimum atomic E-state index is -0.807. The second-order valence-electron chi connectivity index (χ2n) is 6.08. The molecule has 0 aromatic heterocycles. The van der Waals surface area contributed by atoms with Gasteiger partial charge in [0.2, 0.25) is 6.29 Å². The Labute approximate surface area is 148 Å². The summed E-state index contributed by atoms with van der Waals surface area (Å²) in [5, 5.41) is 0. The molecule has 0 radical (unpaired) electrons. The molecule has 3 atom stereocenters. The molecule has 6 nitrogen and oxygen atoms in total. The number of ether oxygens (including phenoxy) is 4. The summed E-state index contributed by atoms with van der Waals surface area (Å²) >= 11 is 0. The van der Waals surface area contributed by atoms with Crippen molar-refractivity contribution in [1.29, 1.82) is 0 Å². The van der Waals surface area contributed by atoms with E-state index in [0.717, 1.165) is 12.0 Å². The van der Waals surface area contributed by atoms with Crippen molar-refractivity contribution in [3.63, 3.8) is 0 Å². The molecule has 138 valence electrons. The summed E-state index contributed by atoms with van der Waals surface area (Å²) in [6.45, 7) is 7.39. The van der Waals surface area contributed by atoms with E-state index in [0.29, 0.717) is 12.2 Å². The van der Waals surface area contributed by atoms with Crippen LogP contribution in [0.1, 0.15) is 44.7 Å². The van der Waals surface area contributed by atoms with E-state index in [9.17, 15) is 9.59 Å². The Bertz CT molecular complexity index is 612. The Kier molecular flexibility index (Phi) is 6.82. The van der Waals surface area contributed by atoms with Gasteiger partial charge in [0, 0.05) is 19.8 Å². The molecule has 3 unspecified atom stereocenters. The summed E-state index contributed by atoms with van der Waals surface area (Å²) in [5.74, 6) is -0.170. The van der Waals surface area contributed by atoms with Crippen LogP contribution in [0.4, 0.5) is 0 Å². The molecule has 1 aliphatic rings. The molecule has 0 amide bonds. The van der Waals surface area contributed by atoms with Crippen molar-refractivity contribution in [1.82, 2.24) is 0 Å². The van der Waals surface area contributed by atoms with Gasteiger partial charge in [-0.25, -0.2) is 4.79 Å². The maximum absolute atomic E-state index is 12.0. The molecule has 6 heteroatoms. The van der Waals surface area contributed by atoms with Crippen molar-refractivity contribution in [2.75, 3.05) is 6.61 Å². The first kappa shape index (κ1) is 19.2. The van der Waals surface area contributed by atoms with Crippen LogP contribution < -0.4 is 4.74 Å². The lowest BCUT2D eigenvalue weighted by molar-refractivity contribution is -0.205. The molecule has 1 fully saturated rings. The summed E-state index contributed by atoms with van der Waals surface area (Å²) in [7, 11) is 0. The maximum Gasteiger partial charge on any atom is 0.335 e. The van der Waals surface area contributed by atoms with E-state index in [4.69, 9.17) is 18.9 Å². The normalized spacial score (nSPS) is 23.0. The van der Waals surface area contributed by atoms with E-state index in [1.54, 1.807) is 6.92 Å². The van der Waals surface area contributed by atoms with E-state index in [2.05, 4.69) is 13.0 Å². The summed E-state index contributed by atoms with van der Waals surface area (Å²) in [4.78, 5) is 23.3. The first-order chi connectivity index (χ1) is 11.9. The van der Waals surface area contributed by atoms with Gasteiger partial charge in [0.15, 0.2) is 6.10 Å². The molecule has 2 rings (SSSR count). The largest absolute Gasteiger partial charge is 0.464 e. The molecule has 0 saturated carbocycles. The predicted octanol–water partition coefficient (Wildman–Crippen LogP) is 2.94. The van der Waals surface area contributed by atoms with E-state index in [-0.39, 0.29) is 13.0 Å². The number of esters is 2. The number of benzene rings is 1. The zero-order valence-electron chi connectivity index (χ0n) is 15.2. The van der Waals surface area contributed by atoms with Crippen LogP contribution in [-0.2, 0) is 30.2 Å². The van der Waals surface area contributed by atoms with E-state index in [1.165, 1.54) is 12.5 Å². The average Bonchev–Trinajstić information content (AvgIpc) is 2.56. The number of rotatable bonds is 6. The highest BCUT2D eigenvalue weighted by Crippen LogP contribution is 2.28. The third-order valence-electron chi connectivity index (χ3n) is 4.04. The van der Waals surface area contributed by atoms with Gasteiger partial charge in [0.05, 0.1) is 6.61 Å². The van der Waals surface area contributed by atoms with Crippen LogP contribution in [0.15, 0.2) is 18.2 Å². The fourth-order valence-corrected chi connectivity index (χ4v) is 2.84. The molecular formula is C19H26O6. The van der Waals surface area contributed by atoms with Crippen molar-refractivity contribution in [2.45, 2.75) is 65.5 Å². The quantitative estimate of drug-likeness (QED) is 0.735. The molecule has 1 aromatic carbocycles. The highest BCUT2D eigenvalue weighted by atomic mass is 16.7. The van der Waals surface area contributed by atoms with Gasteiger partial charge in [-0.2, -0.15) is 0 Å². The van der Waals surface area contributed by atoms with E-state index in [1.807, 2.05) is 19.1 Å². The lowest BCUT2D eigenvalue weighted by Crippen LogP contribution is -2.44. The van der Waals surface area contributed by atoms with Gasteiger partial charge in [-0.1, -0.05) is 19.1 Å². The van der Waals surface area contributed by atoms with Gasteiger partial charge < -0.3 is 18.9 Å². The van der Waals surface area contributed by atoms with Crippen LogP contribution in [0.25, 0.3) is 0 Å². The first-order valence-corrected chi connectivity index (χ1v) is 8.68. The molecule has 1 aliphatic heterocycles. The highest BCUT2D eigenvalue weighted by Gasteiger charge is 2.37. The zero-order chi connectivity index (χ0) is 18.4. The molecule has 1 aromatic rings. The van der Waals surface area contributed by atoms with Gasteiger partial charge in [0.25, 0.3) is 0 Å². The molecule has 0 N–H and O–H groups in total. The number of carbonyl (C=O) groups excluding carboxylic acids is 2. The molecular weight excluding hydrogens is 324 g/mol. The number of hydrogen-bond acceptors (Lipinski definition) is 6.